The third-order valence-corrected chi connectivity index (χ3v) is 10.6. The van der Waals surface area contributed by atoms with E-state index in [9.17, 15) is 0 Å². The average Bonchev–Trinajstić information content (AvgIpc) is 3.13. The highest BCUT2D eigenvalue weighted by molar-refractivity contribution is 6.29. The normalized spacial score (nSPS) is 12.0. The Labute approximate surface area is 279 Å². The zero-order valence-corrected chi connectivity index (χ0v) is 27.0. The highest BCUT2D eigenvalue weighted by Gasteiger charge is 2.21. The fraction of sp³-hybridized carbons (Fsp3) is 0.0417. The quantitative estimate of drug-likeness (QED) is 0.138. The van der Waals surface area contributed by atoms with Crippen molar-refractivity contribution >= 4 is 64.6 Å². The lowest BCUT2D eigenvalue weighted by molar-refractivity contribution is 1.40. The highest BCUT2D eigenvalue weighted by atomic mass is 14.2. The van der Waals surface area contributed by atoms with E-state index in [4.69, 9.17) is 0 Å². The topological polar surface area (TPSA) is 0 Å². The minimum Gasteiger partial charge on any atom is -0.0616 e. The van der Waals surface area contributed by atoms with Gasteiger partial charge in [0.2, 0.25) is 0 Å². The number of benzene rings is 10. The highest BCUT2D eigenvalue weighted by Crippen LogP contribution is 2.48. The SMILES string of the molecule is Cc1cc(-c2c3ccccc3c(-c3ccc4ccc5cccc6ccc3c4c56)c3ccccc23)c(C)cc1-c1ccc2ccccc2c1. The fourth-order valence-electron chi connectivity index (χ4n) is 8.42. The Morgan fingerprint density at radius 3 is 1.46 bits per heavy atom. The summed E-state index contributed by atoms with van der Waals surface area (Å²) in [5.74, 6) is 0. The Kier molecular flexibility index (Phi) is 5.81. The molecule has 0 spiro atoms. The molecular weight excluding hydrogens is 577 g/mol. The first-order chi connectivity index (χ1) is 23.6. The molecule has 0 saturated carbocycles. The molecule has 0 radical (unpaired) electrons. The predicted octanol–water partition coefficient (Wildman–Crippen LogP) is 13.7. The predicted molar refractivity (Wildman–Crippen MR) is 208 cm³/mol. The molecule has 0 fully saturated rings. The Morgan fingerprint density at radius 1 is 0.292 bits per heavy atom. The Bertz CT molecular complexity index is 2830. The van der Waals surface area contributed by atoms with Crippen molar-refractivity contribution in [2.75, 3.05) is 0 Å². The van der Waals surface area contributed by atoms with Crippen LogP contribution in [0.5, 0.6) is 0 Å². The Morgan fingerprint density at radius 2 is 0.771 bits per heavy atom. The number of hydrogen-bond donors (Lipinski definition) is 0. The van der Waals surface area contributed by atoms with Gasteiger partial charge in [0.25, 0.3) is 0 Å². The molecule has 0 heteroatoms. The first-order valence-electron chi connectivity index (χ1n) is 16.9. The van der Waals surface area contributed by atoms with Gasteiger partial charge in [-0.15, -0.1) is 0 Å². The van der Waals surface area contributed by atoms with Gasteiger partial charge >= 0.3 is 0 Å². The first-order valence-corrected chi connectivity index (χ1v) is 16.9. The zero-order valence-electron chi connectivity index (χ0n) is 27.0. The number of rotatable bonds is 3. The molecule has 10 rings (SSSR count). The van der Waals surface area contributed by atoms with Crippen molar-refractivity contribution in [2.45, 2.75) is 13.8 Å². The van der Waals surface area contributed by atoms with Gasteiger partial charge in [-0.05, 0) is 129 Å². The average molecular weight is 609 g/mol. The van der Waals surface area contributed by atoms with Gasteiger partial charge in [0.05, 0.1) is 0 Å². The van der Waals surface area contributed by atoms with Gasteiger partial charge < -0.3 is 0 Å². The summed E-state index contributed by atoms with van der Waals surface area (Å²) in [5.41, 5.74) is 10.3. The largest absolute Gasteiger partial charge is 0.0616 e. The standard InChI is InChI=1S/C48H32/c1-29-27-44(30(2)26-43(29)36-21-18-31-10-3-4-11-35(31)28-36)48-39-16-7-5-14-37(39)47(38-15-6-8-17-40(38)48)42-25-23-34-20-19-32-12-9-13-33-22-24-41(42)46(34)45(32)33/h3-28H,1-2H3. The summed E-state index contributed by atoms with van der Waals surface area (Å²) in [6.07, 6.45) is 0. The maximum Gasteiger partial charge on any atom is -0.00201 e. The van der Waals surface area contributed by atoms with Crippen LogP contribution in [0.1, 0.15) is 11.1 Å². The maximum atomic E-state index is 2.42. The summed E-state index contributed by atoms with van der Waals surface area (Å²) >= 11 is 0. The molecule has 0 bridgehead atoms. The Balaban J connectivity index is 1.25. The minimum atomic E-state index is 1.26. The molecule has 0 unspecified atom stereocenters. The molecule has 0 N–H and O–H groups in total. The van der Waals surface area contributed by atoms with Gasteiger partial charge in [0.15, 0.2) is 0 Å². The molecule has 10 aromatic carbocycles. The number of hydrogen-bond acceptors (Lipinski definition) is 0. The fourth-order valence-corrected chi connectivity index (χ4v) is 8.42. The van der Waals surface area contributed by atoms with E-state index in [1.54, 1.807) is 0 Å². The Hall–Kier alpha value is -5.98. The van der Waals surface area contributed by atoms with Crippen molar-refractivity contribution in [2.24, 2.45) is 0 Å². The van der Waals surface area contributed by atoms with E-state index in [0.717, 1.165) is 0 Å². The molecule has 0 atom stereocenters. The summed E-state index contributed by atoms with van der Waals surface area (Å²) in [7, 11) is 0. The molecule has 0 aliphatic carbocycles. The van der Waals surface area contributed by atoms with E-state index in [1.807, 2.05) is 0 Å². The van der Waals surface area contributed by atoms with Crippen molar-refractivity contribution in [3.8, 4) is 33.4 Å². The summed E-state index contributed by atoms with van der Waals surface area (Å²) in [5, 5.41) is 15.6. The van der Waals surface area contributed by atoms with Crippen LogP contribution in [0.2, 0.25) is 0 Å². The van der Waals surface area contributed by atoms with Crippen LogP contribution in [0.25, 0.3) is 98.0 Å². The van der Waals surface area contributed by atoms with E-state index in [2.05, 4.69) is 172 Å². The van der Waals surface area contributed by atoms with Gasteiger partial charge in [0, 0.05) is 0 Å². The van der Waals surface area contributed by atoms with Crippen molar-refractivity contribution in [1.29, 1.82) is 0 Å². The summed E-state index contributed by atoms with van der Waals surface area (Å²) < 4.78 is 0. The smallest absolute Gasteiger partial charge is 0.00201 e. The monoisotopic (exact) mass is 608 g/mol. The molecule has 0 aliphatic heterocycles. The van der Waals surface area contributed by atoms with Gasteiger partial charge in [-0.2, -0.15) is 0 Å². The number of fused-ring (bicyclic) bond motifs is 3. The lowest BCUT2D eigenvalue weighted by Gasteiger charge is -2.21. The van der Waals surface area contributed by atoms with Crippen LogP contribution in [0.15, 0.2) is 158 Å². The first kappa shape index (κ1) is 27.2. The van der Waals surface area contributed by atoms with E-state index < -0.39 is 0 Å². The molecule has 0 amide bonds. The van der Waals surface area contributed by atoms with E-state index in [1.165, 1.54) is 109 Å². The second-order valence-electron chi connectivity index (χ2n) is 13.4. The molecular formula is C48H32. The van der Waals surface area contributed by atoms with Crippen LogP contribution in [0.3, 0.4) is 0 Å². The lowest BCUT2D eigenvalue weighted by Crippen LogP contribution is -1.95. The molecule has 0 aromatic heterocycles. The third-order valence-electron chi connectivity index (χ3n) is 10.6. The summed E-state index contributed by atoms with van der Waals surface area (Å²) in [4.78, 5) is 0. The summed E-state index contributed by atoms with van der Waals surface area (Å²) in [6, 6.07) is 58.8. The van der Waals surface area contributed by atoms with Crippen LogP contribution in [-0.4, -0.2) is 0 Å². The van der Waals surface area contributed by atoms with Crippen molar-refractivity contribution in [1.82, 2.24) is 0 Å². The summed E-state index contributed by atoms with van der Waals surface area (Å²) in [6.45, 7) is 4.54. The molecule has 48 heavy (non-hydrogen) atoms. The van der Waals surface area contributed by atoms with E-state index >= 15 is 0 Å². The van der Waals surface area contributed by atoms with Crippen molar-refractivity contribution in [3.63, 3.8) is 0 Å². The molecule has 0 saturated heterocycles. The number of aryl methyl sites for hydroxylation is 2. The maximum absolute atomic E-state index is 2.42. The van der Waals surface area contributed by atoms with Crippen LogP contribution in [0, 0.1) is 13.8 Å². The lowest BCUT2D eigenvalue weighted by atomic mass is 9.82. The van der Waals surface area contributed by atoms with Gasteiger partial charge in [-0.3, -0.25) is 0 Å². The molecule has 0 nitrogen and oxygen atoms in total. The van der Waals surface area contributed by atoms with Crippen LogP contribution < -0.4 is 0 Å². The molecule has 10 aromatic rings. The third kappa shape index (κ3) is 3.90. The molecule has 224 valence electrons. The van der Waals surface area contributed by atoms with E-state index in [0.29, 0.717) is 0 Å². The minimum absolute atomic E-state index is 1.26. The molecule has 0 aliphatic rings. The second-order valence-corrected chi connectivity index (χ2v) is 13.4. The van der Waals surface area contributed by atoms with Crippen molar-refractivity contribution in [3.05, 3.63) is 169 Å². The molecule has 0 heterocycles. The second kappa shape index (κ2) is 10.3. The zero-order chi connectivity index (χ0) is 31.9. The van der Waals surface area contributed by atoms with Crippen LogP contribution >= 0.6 is 0 Å². The van der Waals surface area contributed by atoms with Crippen LogP contribution in [0.4, 0.5) is 0 Å². The van der Waals surface area contributed by atoms with Crippen molar-refractivity contribution < 1.29 is 0 Å². The van der Waals surface area contributed by atoms with Crippen LogP contribution in [-0.2, 0) is 0 Å². The van der Waals surface area contributed by atoms with Gasteiger partial charge in [-0.1, -0.05) is 152 Å². The van der Waals surface area contributed by atoms with E-state index in [-0.39, 0.29) is 0 Å². The van der Waals surface area contributed by atoms with Gasteiger partial charge in [0.1, 0.15) is 0 Å². The van der Waals surface area contributed by atoms with Gasteiger partial charge in [-0.25, -0.2) is 0 Å².